The summed E-state index contributed by atoms with van der Waals surface area (Å²) in [6.45, 7) is 3.58. The van der Waals surface area contributed by atoms with Crippen molar-refractivity contribution in [3.05, 3.63) is 57.3 Å². The average molecular weight is 275 g/mol. The van der Waals surface area contributed by atoms with Crippen LogP contribution in [0, 0.1) is 6.92 Å². The number of nitrogens with one attached hydrogen (secondary N) is 1. The van der Waals surface area contributed by atoms with Gasteiger partial charge in [0.25, 0.3) is 0 Å². The van der Waals surface area contributed by atoms with E-state index in [1.165, 1.54) is 17.6 Å². The number of thiophene rings is 1. The Hall–Kier alpha value is -1.65. The lowest BCUT2D eigenvalue weighted by Gasteiger charge is -2.09. The summed E-state index contributed by atoms with van der Waals surface area (Å²) < 4.78 is 4.78. The number of esters is 1. The number of carbonyl (C=O) groups excluding carboxylic acids is 1. The van der Waals surface area contributed by atoms with E-state index in [4.69, 9.17) is 4.74 Å². The van der Waals surface area contributed by atoms with Gasteiger partial charge in [-0.15, -0.1) is 11.3 Å². The van der Waals surface area contributed by atoms with Crippen LogP contribution in [0.3, 0.4) is 0 Å². The fraction of sp³-hybridized carbons (Fsp3) is 0.267. The van der Waals surface area contributed by atoms with Gasteiger partial charge in [0.1, 0.15) is 0 Å². The Labute approximate surface area is 117 Å². The summed E-state index contributed by atoms with van der Waals surface area (Å²) in [5.41, 5.74) is 2.89. The molecule has 100 valence electrons. The zero-order valence-electron chi connectivity index (χ0n) is 11.1. The van der Waals surface area contributed by atoms with Crippen LogP contribution in [0.5, 0.6) is 0 Å². The van der Waals surface area contributed by atoms with E-state index in [0.29, 0.717) is 12.1 Å². The molecular formula is C15H17NO2S. The summed E-state index contributed by atoms with van der Waals surface area (Å²) in [5.74, 6) is -0.287. The Kier molecular flexibility index (Phi) is 4.71. The SMILES string of the molecule is COC(=O)c1ccccc1CNCc1sccc1C. The molecule has 2 rings (SSSR count). The van der Waals surface area contributed by atoms with Crippen molar-refractivity contribution < 1.29 is 9.53 Å². The van der Waals surface area contributed by atoms with Crippen molar-refractivity contribution in [2.45, 2.75) is 20.0 Å². The minimum atomic E-state index is -0.287. The Morgan fingerprint density at radius 1 is 1.26 bits per heavy atom. The minimum Gasteiger partial charge on any atom is -0.465 e. The predicted molar refractivity (Wildman–Crippen MR) is 77.4 cm³/mol. The number of aryl methyl sites for hydroxylation is 1. The van der Waals surface area contributed by atoms with Gasteiger partial charge in [-0.1, -0.05) is 18.2 Å². The first kappa shape index (κ1) is 13.8. The number of ether oxygens (including phenoxy) is 1. The summed E-state index contributed by atoms with van der Waals surface area (Å²) in [6.07, 6.45) is 0. The largest absolute Gasteiger partial charge is 0.465 e. The standard InChI is InChI=1S/C15H17NO2S/c1-11-7-8-19-14(11)10-16-9-12-5-3-4-6-13(12)15(17)18-2/h3-8,16H,9-10H2,1-2H3. The zero-order valence-corrected chi connectivity index (χ0v) is 11.9. The Balaban J connectivity index is 2.00. The molecule has 4 heteroatoms. The Morgan fingerprint density at radius 3 is 2.74 bits per heavy atom. The molecule has 0 aliphatic carbocycles. The van der Waals surface area contributed by atoms with Gasteiger partial charge in [0.05, 0.1) is 12.7 Å². The first-order valence-electron chi connectivity index (χ1n) is 6.12. The topological polar surface area (TPSA) is 38.3 Å². The van der Waals surface area contributed by atoms with Crippen LogP contribution < -0.4 is 5.32 Å². The highest BCUT2D eigenvalue weighted by Crippen LogP contribution is 2.15. The van der Waals surface area contributed by atoms with E-state index >= 15 is 0 Å². The van der Waals surface area contributed by atoms with Crippen LogP contribution in [-0.4, -0.2) is 13.1 Å². The van der Waals surface area contributed by atoms with Gasteiger partial charge in [0.15, 0.2) is 0 Å². The predicted octanol–water partition coefficient (Wildman–Crippen LogP) is 3.13. The van der Waals surface area contributed by atoms with Gasteiger partial charge in [-0.05, 0) is 35.6 Å². The average Bonchev–Trinajstić information content (AvgIpc) is 2.84. The van der Waals surface area contributed by atoms with Crippen LogP contribution >= 0.6 is 11.3 Å². The van der Waals surface area contributed by atoms with E-state index in [2.05, 4.69) is 23.7 Å². The maximum atomic E-state index is 11.6. The number of methoxy groups -OCH3 is 1. The molecule has 0 spiro atoms. The molecule has 0 aliphatic heterocycles. The van der Waals surface area contributed by atoms with Crippen molar-refractivity contribution in [3.8, 4) is 0 Å². The highest BCUT2D eigenvalue weighted by Gasteiger charge is 2.10. The number of hydrogen-bond acceptors (Lipinski definition) is 4. The first-order valence-corrected chi connectivity index (χ1v) is 7.00. The third-order valence-electron chi connectivity index (χ3n) is 2.99. The maximum Gasteiger partial charge on any atom is 0.338 e. The molecule has 1 aromatic heterocycles. The first-order chi connectivity index (χ1) is 9.22. The quantitative estimate of drug-likeness (QED) is 0.852. The number of benzene rings is 1. The fourth-order valence-electron chi connectivity index (χ4n) is 1.88. The second-order valence-corrected chi connectivity index (χ2v) is 5.28. The summed E-state index contributed by atoms with van der Waals surface area (Å²) in [4.78, 5) is 13.0. The van der Waals surface area contributed by atoms with Gasteiger partial charge >= 0.3 is 5.97 Å². The summed E-state index contributed by atoms with van der Waals surface area (Å²) in [7, 11) is 1.40. The van der Waals surface area contributed by atoms with Crippen molar-refractivity contribution >= 4 is 17.3 Å². The molecule has 0 unspecified atom stereocenters. The van der Waals surface area contributed by atoms with Crippen LogP contribution in [0.25, 0.3) is 0 Å². The minimum absolute atomic E-state index is 0.287. The van der Waals surface area contributed by atoms with Crippen LogP contribution in [0.15, 0.2) is 35.7 Å². The Bertz CT molecular complexity index is 563. The molecule has 0 aliphatic rings. The van der Waals surface area contributed by atoms with Crippen LogP contribution in [-0.2, 0) is 17.8 Å². The van der Waals surface area contributed by atoms with Crippen molar-refractivity contribution in [3.63, 3.8) is 0 Å². The van der Waals surface area contributed by atoms with Crippen molar-refractivity contribution in [2.75, 3.05) is 7.11 Å². The van der Waals surface area contributed by atoms with E-state index in [1.807, 2.05) is 18.2 Å². The molecule has 0 fully saturated rings. The summed E-state index contributed by atoms with van der Waals surface area (Å²) in [5, 5.41) is 5.46. The molecule has 1 N–H and O–H groups in total. The lowest BCUT2D eigenvalue weighted by Crippen LogP contribution is -2.15. The molecule has 0 saturated carbocycles. The van der Waals surface area contributed by atoms with Gasteiger partial charge in [0.2, 0.25) is 0 Å². The summed E-state index contributed by atoms with van der Waals surface area (Å²) >= 11 is 1.75. The zero-order chi connectivity index (χ0) is 13.7. The van der Waals surface area contributed by atoms with E-state index in [1.54, 1.807) is 17.4 Å². The molecule has 0 saturated heterocycles. The summed E-state index contributed by atoms with van der Waals surface area (Å²) in [6, 6.07) is 9.63. The Morgan fingerprint density at radius 2 is 2.05 bits per heavy atom. The molecule has 0 amide bonds. The third-order valence-corrected chi connectivity index (χ3v) is 4.01. The van der Waals surface area contributed by atoms with Gasteiger partial charge in [-0.25, -0.2) is 4.79 Å². The lowest BCUT2D eigenvalue weighted by molar-refractivity contribution is 0.0599. The van der Waals surface area contributed by atoms with Gasteiger partial charge in [-0.2, -0.15) is 0 Å². The van der Waals surface area contributed by atoms with E-state index in [0.717, 1.165) is 12.1 Å². The molecule has 0 radical (unpaired) electrons. The normalized spacial score (nSPS) is 10.4. The maximum absolute atomic E-state index is 11.6. The highest BCUT2D eigenvalue weighted by atomic mass is 32.1. The van der Waals surface area contributed by atoms with Gasteiger partial charge in [0, 0.05) is 18.0 Å². The molecule has 2 aromatic rings. The monoisotopic (exact) mass is 275 g/mol. The van der Waals surface area contributed by atoms with Crippen LogP contribution in [0.4, 0.5) is 0 Å². The smallest absolute Gasteiger partial charge is 0.338 e. The van der Waals surface area contributed by atoms with Crippen molar-refractivity contribution in [1.29, 1.82) is 0 Å². The number of hydrogen-bond donors (Lipinski definition) is 1. The molecule has 1 aromatic carbocycles. The molecule has 3 nitrogen and oxygen atoms in total. The highest BCUT2D eigenvalue weighted by molar-refractivity contribution is 7.10. The second kappa shape index (κ2) is 6.50. The molecule has 0 bridgehead atoms. The number of carbonyl (C=O) groups is 1. The van der Waals surface area contributed by atoms with Crippen LogP contribution in [0.2, 0.25) is 0 Å². The van der Waals surface area contributed by atoms with E-state index in [9.17, 15) is 4.79 Å². The molecule has 1 heterocycles. The fourth-order valence-corrected chi connectivity index (χ4v) is 2.76. The molecule has 19 heavy (non-hydrogen) atoms. The second-order valence-electron chi connectivity index (χ2n) is 4.28. The molecule has 0 atom stereocenters. The van der Waals surface area contributed by atoms with Crippen molar-refractivity contribution in [2.24, 2.45) is 0 Å². The van der Waals surface area contributed by atoms with Crippen LogP contribution in [0.1, 0.15) is 26.4 Å². The van der Waals surface area contributed by atoms with Gasteiger partial charge in [-0.3, -0.25) is 0 Å². The van der Waals surface area contributed by atoms with E-state index < -0.39 is 0 Å². The third kappa shape index (κ3) is 3.43. The number of rotatable bonds is 5. The van der Waals surface area contributed by atoms with Gasteiger partial charge < -0.3 is 10.1 Å². The molecular weight excluding hydrogens is 258 g/mol. The lowest BCUT2D eigenvalue weighted by atomic mass is 10.1. The van der Waals surface area contributed by atoms with Crippen molar-refractivity contribution in [1.82, 2.24) is 5.32 Å². The van der Waals surface area contributed by atoms with E-state index in [-0.39, 0.29) is 5.97 Å².